The van der Waals surface area contributed by atoms with Crippen molar-refractivity contribution in [2.24, 2.45) is 0 Å². The maximum Gasteiger partial charge on any atom is 0.333 e. The number of unbranched alkanes of at least 4 members (excludes halogenated alkanes) is 1. The number of methoxy groups -OCH3 is 1. The zero-order valence-corrected chi connectivity index (χ0v) is 9.04. The Bertz CT molecular complexity index is 239. The Kier molecular flexibility index (Phi) is 6.76. The predicted octanol–water partition coefficient (Wildman–Crippen LogP) is 1.82. The standard InChI is InChI=1S/C11H18O3/c1-9(8-12)6-4-5-7-10(2)11(13)14-3/h6-7,12H,4-5,8H2,1-3H3/b9-6+,10-7+. The van der Waals surface area contributed by atoms with Gasteiger partial charge in [0.1, 0.15) is 0 Å². The average Bonchev–Trinajstić information content (AvgIpc) is 2.22. The minimum absolute atomic E-state index is 0.0969. The fourth-order valence-electron chi connectivity index (χ4n) is 0.938. The van der Waals surface area contributed by atoms with Crippen molar-refractivity contribution in [1.29, 1.82) is 0 Å². The summed E-state index contributed by atoms with van der Waals surface area (Å²) in [7, 11) is 1.37. The van der Waals surface area contributed by atoms with E-state index in [1.165, 1.54) is 7.11 Å². The first-order chi connectivity index (χ1) is 6.61. The van der Waals surface area contributed by atoms with E-state index in [4.69, 9.17) is 5.11 Å². The van der Waals surface area contributed by atoms with Crippen LogP contribution < -0.4 is 0 Å². The third-order valence-corrected chi connectivity index (χ3v) is 1.87. The summed E-state index contributed by atoms with van der Waals surface area (Å²) in [6.07, 6.45) is 5.42. The van der Waals surface area contributed by atoms with Crippen molar-refractivity contribution in [3.05, 3.63) is 23.3 Å². The maximum atomic E-state index is 11.0. The highest BCUT2D eigenvalue weighted by Gasteiger charge is 2.00. The Morgan fingerprint density at radius 2 is 1.86 bits per heavy atom. The van der Waals surface area contributed by atoms with Gasteiger partial charge < -0.3 is 9.84 Å². The number of carbonyl (C=O) groups excluding carboxylic acids is 1. The summed E-state index contributed by atoms with van der Waals surface area (Å²) in [5, 5.41) is 8.71. The van der Waals surface area contributed by atoms with Crippen LogP contribution in [0.5, 0.6) is 0 Å². The fraction of sp³-hybridized carbons (Fsp3) is 0.545. The summed E-state index contributed by atoms with van der Waals surface area (Å²) in [6, 6.07) is 0. The number of rotatable bonds is 5. The minimum atomic E-state index is -0.284. The highest BCUT2D eigenvalue weighted by atomic mass is 16.5. The first-order valence-electron chi connectivity index (χ1n) is 4.63. The van der Waals surface area contributed by atoms with Crippen molar-refractivity contribution in [2.45, 2.75) is 26.7 Å². The summed E-state index contributed by atoms with van der Waals surface area (Å²) < 4.78 is 4.55. The van der Waals surface area contributed by atoms with Crippen LogP contribution in [0.3, 0.4) is 0 Å². The lowest BCUT2D eigenvalue weighted by molar-refractivity contribution is -0.136. The van der Waals surface area contributed by atoms with Gasteiger partial charge in [-0.1, -0.05) is 17.7 Å². The molecule has 0 aliphatic rings. The van der Waals surface area contributed by atoms with Gasteiger partial charge in [0.15, 0.2) is 0 Å². The molecule has 80 valence electrons. The van der Waals surface area contributed by atoms with Gasteiger partial charge in [-0.2, -0.15) is 0 Å². The van der Waals surface area contributed by atoms with Crippen LogP contribution in [-0.4, -0.2) is 24.8 Å². The van der Waals surface area contributed by atoms with Gasteiger partial charge in [-0.15, -0.1) is 0 Å². The second-order valence-electron chi connectivity index (χ2n) is 3.16. The SMILES string of the molecule is COC(=O)/C(C)=C/CC/C=C(\C)CO. The molecular weight excluding hydrogens is 180 g/mol. The van der Waals surface area contributed by atoms with Crippen molar-refractivity contribution in [2.75, 3.05) is 13.7 Å². The summed E-state index contributed by atoms with van der Waals surface area (Å²) in [5.74, 6) is -0.284. The maximum absolute atomic E-state index is 11.0. The molecule has 0 saturated carbocycles. The molecule has 0 aromatic carbocycles. The molecule has 3 heteroatoms. The number of ether oxygens (including phenoxy) is 1. The first kappa shape index (κ1) is 12.9. The van der Waals surface area contributed by atoms with Gasteiger partial charge in [0.2, 0.25) is 0 Å². The third-order valence-electron chi connectivity index (χ3n) is 1.87. The van der Waals surface area contributed by atoms with Gasteiger partial charge >= 0.3 is 5.97 Å². The molecule has 0 bridgehead atoms. The fourth-order valence-corrected chi connectivity index (χ4v) is 0.938. The van der Waals surface area contributed by atoms with E-state index in [-0.39, 0.29) is 12.6 Å². The largest absolute Gasteiger partial charge is 0.466 e. The van der Waals surface area contributed by atoms with Crippen LogP contribution in [-0.2, 0) is 9.53 Å². The van der Waals surface area contributed by atoms with Crippen LogP contribution in [0.2, 0.25) is 0 Å². The Hall–Kier alpha value is -1.09. The van der Waals surface area contributed by atoms with Crippen LogP contribution >= 0.6 is 0 Å². The van der Waals surface area contributed by atoms with E-state index in [0.29, 0.717) is 5.57 Å². The molecule has 0 atom stereocenters. The number of hydrogen-bond donors (Lipinski definition) is 1. The summed E-state index contributed by atoms with van der Waals surface area (Å²) in [6.45, 7) is 3.70. The highest BCUT2D eigenvalue weighted by molar-refractivity contribution is 5.87. The molecule has 0 rings (SSSR count). The van der Waals surface area contributed by atoms with Gasteiger partial charge in [-0.25, -0.2) is 4.79 Å². The number of esters is 1. The van der Waals surface area contributed by atoms with E-state index < -0.39 is 0 Å². The van der Waals surface area contributed by atoms with E-state index in [2.05, 4.69) is 4.74 Å². The number of allylic oxidation sites excluding steroid dienone is 2. The monoisotopic (exact) mass is 198 g/mol. The van der Waals surface area contributed by atoms with Crippen molar-refractivity contribution in [1.82, 2.24) is 0 Å². The molecule has 0 fully saturated rings. The molecule has 0 amide bonds. The van der Waals surface area contributed by atoms with Gasteiger partial charge in [-0.3, -0.25) is 0 Å². The predicted molar refractivity (Wildman–Crippen MR) is 55.8 cm³/mol. The number of hydrogen-bond acceptors (Lipinski definition) is 3. The molecule has 1 N–H and O–H groups in total. The van der Waals surface area contributed by atoms with Gasteiger partial charge in [0.25, 0.3) is 0 Å². The molecule has 0 heterocycles. The van der Waals surface area contributed by atoms with Crippen LogP contribution in [0, 0.1) is 0 Å². The Morgan fingerprint density at radius 3 is 2.36 bits per heavy atom. The van der Waals surface area contributed by atoms with Crippen LogP contribution in [0.4, 0.5) is 0 Å². The van der Waals surface area contributed by atoms with E-state index in [1.54, 1.807) is 6.92 Å². The van der Waals surface area contributed by atoms with Crippen molar-refractivity contribution in [3.63, 3.8) is 0 Å². The second kappa shape index (κ2) is 7.33. The Balaban J connectivity index is 3.88. The average molecular weight is 198 g/mol. The smallest absolute Gasteiger partial charge is 0.333 e. The quantitative estimate of drug-likeness (QED) is 0.317. The number of aliphatic hydroxyl groups is 1. The molecule has 14 heavy (non-hydrogen) atoms. The molecule has 0 aliphatic heterocycles. The molecule has 0 aromatic rings. The lowest BCUT2D eigenvalue weighted by Crippen LogP contribution is -2.00. The van der Waals surface area contributed by atoms with Crippen molar-refractivity contribution in [3.8, 4) is 0 Å². The van der Waals surface area contributed by atoms with Gasteiger partial charge in [0, 0.05) is 5.57 Å². The molecular formula is C11H18O3. The normalized spacial score (nSPS) is 12.9. The summed E-state index contributed by atoms with van der Waals surface area (Å²) in [4.78, 5) is 11.0. The molecule has 0 aliphatic carbocycles. The lowest BCUT2D eigenvalue weighted by Gasteiger charge is -1.98. The molecule has 0 radical (unpaired) electrons. The Morgan fingerprint density at radius 1 is 1.29 bits per heavy atom. The number of aliphatic hydroxyl groups excluding tert-OH is 1. The molecule has 0 saturated heterocycles. The second-order valence-corrected chi connectivity index (χ2v) is 3.16. The topological polar surface area (TPSA) is 46.5 Å². The zero-order valence-electron chi connectivity index (χ0n) is 9.04. The van der Waals surface area contributed by atoms with Crippen molar-refractivity contribution >= 4 is 5.97 Å². The van der Waals surface area contributed by atoms with Crippen LogP contribution in [0.25, 0.3) is 0 Å². The van der Waals surface area contributed by atoms with E-state index in [1.807, 2.05) is 19.1 Å². The highest BCUT2D eigenvalue weighted by Crippen LogP contribution is 2.03. The summed E-state index contributed by atoms with van der Waals surface area (Å²) >= 11 is 0. The van der Waals surface area contributed by atoms with E-state index in [9.17, 15) is 4.79 Å². The first-order valence-corrected chi connectivity index (χ1v) is 4.63. The van der Waals surface area contributed by atoms with Crippen LogP contribution in [0.15, 0.2) is 23.3 Å². The van der Waals surface area contributed by atoms with Crippen molar-refractivity contribution < 1.29 is 14.6 Å². The van der Waals surface area contributed by atoms with E-state index in [0.717, 1.165) is 18.4 Å². The minimum Gasteiger partial charge on any atom is -0.466 e. The third kappa shape index (κ3) is 5.54. The van der Waals surface area contributed by atoms with Gasteiger partial charge in [-0.05, 0) is 26.7 Å². The Labute approximate surface area is 85.1 Å². The van der Waals surface area contributed by atoms with Gasteiger partial charge in [0.05, 0.1) is 13.7 Å². The molecule has 0 aromatic heterocycles. The lowest BCUT2D eigenvalue weighted by atomic mass is 10.2. The zero-order chi connectivity index (χ0) is 11.0. The summed E-state index contributed by atoms with van der Waals surface area (Å²) in [5.41, 5.74) is 1.58. The van der Waals surface area contributed by atoms with Crippen LogP contribution in [0.1, 0.15) is 26.7 Å². The molecule has 3 nitrogen and oxygen atoms in total. The number of carbonyl (C=O) groups is 1. The molecule has 0 unspecified atom stereocenters. The molecule has 0 spiro atoms. The van der Waals surface area contributed by atoms with E-state index >= 15 is 0 Å².